The van der Waals surface area contributed by atoms with E-state index in [9.17, 15) is 4.79 Å². The second-order valence-electron chi connectivity index (χ2n) is 2.67. The average molecular weight is 159 g/mol. The molecule has 2 nitrogen and oxygen atoms in total. The molecule has 1 heterocycles. The van der Waals surface area contributed by atoms with Gasteiger partial charge < -0.3 is 4.42 Å². The van der Waals surface area contributed by atoms with Crippen LogP contribution < -0.4 is 5.63 Å². The van der Waals surface area contributed by atoms with Gasteiger partial charge in [0.2, 0.25) is 0 Å². The Morgan fingerprint density at radius 2 is 2.17 bits per heavy atom. The van der Waals surface area contributed by atoms with Crippen LogP contribution >= 0.6 is 0 Å². The maximum Gasteiger partial charge on any atom is 0.336 e. The van der Waals surface area contributed by atoms with Crippen molar-refractivity contribution < 1.29 is 4.42 Å². The fraction of sp³-hybridized carbons (Fsp3) is 0.100. The van der Waals surface area contributed by atoms with Gasteiger partial charge in [0.25, 0.3) is 0 Å². The lowest BCUT2D eigenvalue weighted by molar-refractivity contribution is 0.561. The molecule has 1 aromatic carbocycles. The van der Waals surface area contributed by atoms with Crippen LogP contribution in [0.25, 0.3) is 11.0 Å². The minimum Gasteiger partial charge on any atom is -0.423 e. The summed E-state index contributed by atoms with van der Waals surface area (Å²) >= 11 is 0. The molecule has 0 bridgehead atoms. The molecular weight excluding hydrogens is 152 g/mol. The van der Waals surface area contributed by atoms with Gasteiger partial charge in [0.05, 0.1) is 0 Å². The normalized spacial score (nSPS) is 10.4. The maximum atomic E-state index is 10.8. The lowest BCUT2D eigenvalue weighted by atomic mass is 10.1. The third-order valence-electron chi connectivity index (χ3n) is 1.80. The number of hydrogen-bond donors (Lipinski definition) is 0. The second-order valence-corrected chi connectivity index (χ2v) is 2.67. The van der Waals surface area contributed by atoms with Gasteiger partial charge in [-0.15, -0.1) is 0 Å². The molecule has 1 radical (unpaired) electrons. The lowest BCUT2D eigenvalue weighted by Gasteiger charge is -1.97. The molecule has 2 rings (SSSR count). The van der Waals surface area contributed by atoms with Gasteiger partial charge in [-0.05, 0) is 30.7 Å². The predicted octanol–water partition coefficient (Wildman–Crippen LogP) is 1.90. The average Bonchev–Trinajstić information content (AvgIpc) is 2.04. The van der Waals surface area contributed by atoms with E-state index in [2.05, 4.69) is 6.07 Å². The molecule has 12 heavy (non-hydrogen) atoms. The zero-order valence-electron chi connectivity index (χ0n) is 6.63. The first kappa shape index (κ1) is 7.10. The third-order valence-corrected chi connectivity index (χ3v) is 1.80. The van der Waals surface area contributed by atoms with E-state index in [1.807, 2.05) is 13.0 Å². The molecule has 2 aromatic rings. The van der Waals surface area contributed by atoms with E-state index in [4.69, 9.17) is 4.42 Å². The van der Waals surface area contributed by atoms with Gasteiger partial charge in [0, 0.05) is 11.5 Å². The van der Waals surface area contributed by atoms with E-state index in [-0.39, 0.29) is 5.63 Å². The summed E-state index contributed by atoms with van der Waals surface area (Å²) in [5.74, 6) is 0. The van der Waals surface area contributed by atoms with E-state index < -0.39 is 0 Å². The molecule has 0 aliphatic heterocycles. The van der Waals surface area contributed by atoms with Crippen molar-refractivity contribution >= 4 is 11.0 Å². The molecule has 0 aliphatic carbocycles. The first-order chi connectivity index (χ1) is 5.77. The van der Waals surface area contributed by atoms with Crippen LogP contribution in [0.2, 0.25) is 0 Å². The standard InChI is InChI=1S/C10H7O2/c1-7-3-2-4-9-8(7)5-6-10(11)12-9/h3-6H,1H3. The van der Waals surface area contributed by atoms with Gasteiger partial charge >= 0.3 is 5.63 Å². The quantitative estimate of drug-likeness (QED) is 0.549. The zero-order valence-corrected chi connectivity index (χ0v) is 6.63. The van der Waals surface area contributed by atoms with E-state index in [1.165, 1.54) is 6.07 Å². The Hall–Kier alpha value is -1.57. The highest BCUT2D eigenvalue weighted by atomic mass is 16.4. The Balaban J connectivity index is 2.96. The summed E-state index contributed by atoms with van der Waals surface area (Å²) < 4.78 is 4.96. The highest BCUT2D eigenvalue weighted by molar-refractivity contribution is 5.79. The Labute approximate surface area is 69.4 Å². The largest absolute Gasteiger partial charge is 0.423 e. The summed E-state index contributed by atoms with van der Waals surface area (Å²) in [6.07, 6.45) is 0. The van der Waals surface area contributed by atoms with Gasteiger partial charge in [-0.3, -0.25) is 0 Å². The van der Waals surface area contributed by atoms with Crippen LogP contribution in [0.5, 0.6) is 0 Å². The maximum absolute atomic E-state index is 10.8. The number of rotatable bonds is 0. The molecule has 1 aromatic heterocycles. The first-order valence-corrected chi connectivity index (χ1v) is 3.68. The van der Waals surface area contributed by atoms with Gasteiger partial charge in [0.15, 0.2) is 0 Å². The Bertz CT molecular complexity index is 468. The van der Waals surface area contributed by atoms with Crippen LogP contribution in [-0.2, 0) is 0 Å². The van der Waals surface area contributed by atoms with Crippen LogP contribution in [-0.4, -0.2) is 0 Å². The van der Waals surface area contributed by atoms with Gasteiger partial charge in [-0.1, -0.05) is 6.07 Å². The molecular formula is C10H7O2. The molecule has 0 atom stereocenters. The first-order valence-electron chi connectivity index (χ1n) is 3.68. The molecule has 0 amide bonds. The van der Waals surface area contributed by atoms with E-state index in [1.54, 1.807) is 12.1 Å². The molecule has 0 saturated heterocycles. The summed E-state index contributed by atoms with van der Waals surface area (Å²) in [4.78, 5) is 10.8. The highest BCUT2D eigenvalue weighted by Crippen LogP contribution is 2.14. The summed E-state index contributed by atoms with van der Waals surface area (Å²) in [5.41, 5.74) is 1.35. The molecule has 0 unspecified atom stereocenters. The van der Waals surface area contributed by atoms with Gasteiger partial charge in [0.1, 0.15) is 5.58 Å². The van der Waals surface area contributed by atoms with Crippen molar-refractivity contribution in [3.05, 3.63) is 46.3 Å². The summed E-state index contributed by atoms with van der Waals surface area (Å²) in [6, 6.07) is 9.63. The Morgan fingerprint density at radius 1 is 1.33 bits per heavy atom. The summed E-state index contributed by atoms with van der Waals surface area (Å²) in [5, 5.41) is 0.966. The van der Waals surface area contributed by atoms with E-state index in [0.717, 1.165) is 10.9 Å². The fourth-order valence-corrected chi connectivity index (χ4v) is 1.18. The number of hydrogen-bond acceptors (Lipinski definition) is 2. The molecule has 0 aliphatic rings. The zero-order chi connectivity index (χ0) is 8.55. The van der Waals surface area contributed by atoms with E-state index >= 15 is 0 Å². The topological polar surface area (TPSA) is 30.2 Å². The minimum absolute atomic E-state index is 0.318. The number of aryl methyl sites for hydroxylation is 1. The lowest BCUT2D eigenvalue weighted by Crippen LogP contribution is -1.94. The fourth-order valence-electron chi connectivity index (χ4n) is 1.18. The highest BCUT2D eigenvalue weighted by Gasteiger charge is 1.97. The van der Waals surface area contributed by atoms with Crippen molar-refractivity contribution in [1.82, 2.24) is 0 Å². The van der Waals surface area contributed by atoms with Gasteiger partial charge in [-0.2, -0.15) is 0 Å². The molecule has 59 valence electrons. The van der Waals surface area contributed by atoms with Crippen LogP contribution in [0.15, 0.2) is 33.5 Å². The Morgan fingerprint density at radius 3 is 3.00 bits per heavy atom. The third kappa shape index (κ3) is 1.01. The number of benzene rings is 1. The van der Waals surface area contributed by atoms with E-state index in [0.29, 0.717) is 5.58 Å². The number of fused-ring (bicyclic) bond motifs is 1. The monoisotopic (exact) mass is 159 g/mol. The van der Waals surface area contributed by atoms with Gasteiger partial charge in [-0.25, -0.2) is 4.79 Å². The Kier molecular flexibility index (Phi) is 1.47. The van der Waals surface area contributed by atoms with Crippen molar-refractivity contribution in [3.63, 3.8) is 0 Å². The van der Waals surface area contributed by atoms with Crippen molar-refractivity contribution in [2.24, 2.45) is 0 Å². The molecule has 0 spiro atoms. The van der Waals surface area contributed by atoms with Crippen LogP contribution in [0.1, 0.15) is 5.56 Å². The SMILES string of the molecule is Cc1c[c]cc2oc(=O)ccc12. The molecule has 0 fully saturated rings. The smallest absolute Gasteiger partial charge is 0.336 e. The molecule has 0 N–H and O–H groups in total. The second kappa shape index (κ2) is 2.48. The minimum atomic E-state index is -0.318. The molecule has 2 heteroatoms. The summed E-state index contributed by atoms with van der Waals surface area (Å²) in [7, 11) is 0. The van der Waals surface area contributed by atoms with Crippen molar-refractivity contribution in [2.75, 3.05) is 0 Å². The summed E-state index contributed by atoms with van der Waals surface area (Å²) in [6.45, 7) is 1.96. The van der Waals surface area contributed by atoms with Crippen LogP contribution in [0.4, 0.5) is 0 Å². The van der Waals surface area contributed by atoms with Crippen LogP contribution in [0, 0.1) is 13.0 Å². The van der Waals surface area contributed by atoms with Crippen LogP contribution in [0.3, 0.4) is 0 Å². The predicted molar refractivity (Wildman–Crippen MR) is 46.1 cm³/mol. The van der Waals surface area contributed by atoms with Crippen molar-refractivity contribution in [2.45, 2.75) is 6.92 Å². The van der Waals surface area contributed by atoms with Crippen molar-refractivity contribution in [1.29, 1.82) is 0 Å². The molecule has 0 saturated carbocycles. The van der Waals surface area contributed by atoms with Crippen molar-refractivity contribution in [3.8, 4) is 0 Å².